The largest absolute Gasteiger partial charge is 0.426 e. The highest BCUT2D eigenvalue weighted by atomic mass is 19.2. The third-order valence-electron chi connectivity index (χ3n) is 8.49. The number of rotatable bonds is 10. The van der Waals surface area contributed by atoms with Crippen molar-refractivity contribution in [2.75, 3.05) is 0 Å². The molecular formula is C38H36F4O4. The van der Waals surface area contributed by atoms with Crippen molar-refractivity contribution < 1.29 is 36.6 Å². The second-order valence-electron chi connectivity index (χ2n) is 11.8. The van der Waals surface area contributed by atoms with E-state index in [-0.39, 0.29) is 22.6 Å². The van der Waals surface area contributed by atoms with Gasteiger partial charge in [-0.1, -0.05) is 75.2 Å². The third kappa shape index (κ3) is 7.33. The Morgan fingerprint density at radius 3 is 1.24 bits per heavy atom. The first-order valence-electron chi connectivity index (χ1n) is 15.8. The average Bonchev–Trinajstić information content (AvgIpc) is 3.06. The second kappa shape index (κ2) is 14.8. The van der Waals surface area contributed by atoms with Gasteiger partial charge in [0.25, 0.3) is 0 Å². The molecule has 1 saturated carbocycles. The number of ether oxygens (including phenoxy) is 2. The topological polar surface area (TPSA) is 52.6 Å². The molecule has 46 heavy (non-hydrogen) atoms. The van der Waals surface area contributed by atoms with Crippen LogP contribution in [0, 0.1) is 35.1 Å². The van der Waals surface area contributed by atoms with Crippen LogP contribution in [0.25, 0.3) is 22.3 Å². The summed E-state index contributed by atoms with van der Waals surface area (Å²) in [6.45, 7) is 4.09. The van der Waals surface area contributed by atoms with Gasteiger partial charge in [-0.15, -0.1) is 0 Å². The van der Waals surface area contributed by atoms with Crippen LogP contribution in [0.5, 0.6) is 11.5 Å². The minimum absolute atomic E-state index is 0.0812. The fourth-order valence-corrected chi connectivity index (χ4v) is 5.98. The van der Waals surface area contributed by atoms with E-state index in [1.807, 2.05) is 38.1 Å². The first kappa shape index (κ1) is 32.9. The van der Waals surface area contributed by atoms with Gasteiger partial charge in [0, 0.05) is 0 Å². The van der Waals surface area contributed by atoms with Gasteiger partial charge >= 0.3 is 11.9 Å². The van der Waals surface area contributed by atoms with Gasteiger partial charge in [0.05, 0.1) is 23.0 Å². The Morgan fingerprint density at radius 2 is 0.913 bits per heavy atom. The fraction of sp³-hybridized carbons (Fsp3) is 0.316. The van der Waals surface area contributed by atoms with Gasteiger partial charge in [-0.3, -0.25) is 9.59 Å². The molecule has 1 aliphatic rings. The van der Waals surface area contributed by atoms with E-state index in [1.54, 1.807) is 24.3 Å². The lowest BCUT2D eigenvalue weighted by Crippen LogP contribution is -2.30. The normalized spacial score (nSPS) is 16.2. The zero-order chi connectivity index (χ0) is 32.8. The summed E-state index contributed by atoms with van der Waals surface area (Å²) in [6.07, 6.45) is 4.77. The van der Waals surface area contributed by atoms with E-state index in [9.17, 15) is 27.2 Å². The molecule has 4 nitrogen and oxygen atoms in total. The summed E-state index contributed by atoms with van der Waals surface area (Å²) >= 11 is 0. The zero-order valence-electron chi connectivity index (χ0n) is 25.9. The molecule has 0 radical (unpaired) electrons. The van der Waals surface area contributed by atoms with Crippen molar-refractivity contribution in [1.82, 2.24) is 0 Å². The third-order valence-corrected chi connectivity index (χ3v) is 8.49. The Morgan fingerprint density at radius 1 is 0.565 bits per heavy atom. The van der Waals surface area contributed by atoms with E-state index in [0.717, 1.165) is 48.9 Å². The first-order chi connectivity index (χ1) is 22.2. The maximum atomic E-state index is 15.0. The van der Waals surface area contributed by atoms with Crippen molar-refractivity contribution in [3.8, 4) is 33.8 Å². The first-order valence-corrected chi connectivity index (χ1v) is 15.8. The minimum atomic E-state index is -1.10. The molecule has 5 rings (SSSR count). The molecule has 0 aliphatic heterocycles. The molecule has 0 bridgehead atoms. The maximum absolute atomic E-state index is 15.0. The van der Waals surface area contributed by atoms with Crippen LogP contribution in [0.4, 0.5) is 17.6 Å². The molecule has 0 amide bonds. The van der Waals surface area contributed by atoms with E-state index < -0.39 is 47.0 Å². The van der Waals surface area contributed by atoms with Crippen LogP contribution in [0.15, 0.2) is 72.8 Å². The molecule has 0 atom stereocenters. The number of hydrogen-bond acceptors (Lipinski definition) is 4. The van der Waals surface area contributed by atoms with Gasteiger partial charge in [0.15, 0.2) is 23.3 Å². The molecule has 4 aromatic carbocycles. The predicted octanol–water partition coefficient (Wildman–Crippen LogP) is 9.80. The maximum Gasteiger partial charge on any atom is 0.314 e. The lowest BCUT2D eigenvalue weighted by atomic mass is 9.82. The Hall–Kier alpha value is -4.46. The number of aryl methyl sites for hydroxylation is 2. The van der Waals surface area contributed by atoms with Crippen molar-refractivity contribution >= 4 is 11.9 Å². The number of esters is 2. The Kier molecular flexibility index (Phi) is 10.6. The molecule has 4 aromatic rings. The Labute approximate surface area is 266 Å². The molecule has 0 unspecified atom stereocenters. The van der Waals surface area contributed by atoms with Crippen molar-refractivity contribution in [3.63, 3.8) is 0 Å². The predicted molar refractivity (Wildman–Crippen MR) is 168 cm³/mol. The van der Waals surface area contributed by atoms with E-state index in [2.05, 4.69) is 0 Å². The molecule has 1 aliphatic carbocycles. The van der Waals surface area contributed by atoms with Crippen molar-refractivity contribution in [3.05, 3.63) is 107 Å². The Bertz CT molecular complexity index is 1560. The summed E-state index contributed by atoms with van der Waals surface area (Å²) in [5.74, 6) is -6.82. The quantitative estimate of drug-likeness (QED) is 0.0992. The van der Waals surface area contributed by atoms with Gasteiger partial charge in [0.1, 0.15) is 11.5 Å². The number of halogens is 4. The van der Waals surface area contributed by atoms with E-state index in [1.165, 1.54) is 12.1 Å². The van der Waals surface area contributed by atoms with Crippen LogP contribution < -0.4 is 9.47 Å². The van der Waals surface area contributed by atoms with Crippen LogP contribution >= 0.6 is 0 Å². The molecule has 0 saturated heterocycles. The SMILES string of the molecule is CCCc1ccc(-c2c(OC(=O)C3CCC(C(=O)Oc4ccc(F)c(F)c4-c4ccc(CCC)cc4)CC3)ccc(F)c2F)cc1. The molecule has 0 spiro atoms. The molecule has 240 valence electrons. The summed E-state index contributed by atoms with van der Waals surface area (Å²) in [7, 11) is 0. The van der Waals surface area contributed by atoms with Crippen molar-refractivity contribution in [2.45, 2.75) is 65.2 Å². The van der Waals surface area contributed by atoms with E-state index in [0.29, 0.717) is 36.8 Å². The molecule has 0 aromatic heterocycles. The number of carbonyl (C=O) groups is 2. The summed E-state index contributed by atoms with van der Waals surface area (Å²) < 4.78 is 69.6. The Balaban J connectivity index is 1.25. The van der Waals surface area contributed by atoms with Gasteiger partial charge in [-0.25, -0.2) is 17.6 Å². The minimum Gasteiger partial charge on any atom is -0.426 e. The summed E-state index contributed by atoms with van der Waals surface area (Å²) in [5, 5.41) is 0. The molecule has 0 heterocycles. The molecular weight excluding hydrogens is 596 g/mol. The van der Waals surface area contributed by atoms with Gasteiger partial charge < -0.3 is 9.47 Å². The summed E-state index contributed by atoms with van der Waals surface area (Å²) in [5.41, 5.74) is 2.63. The second-order valence-corrected chi connectivity index (χ2v) is 11.8. The standard InChI is InChI=1S/C38H36F4O4/c1-3-5-23-7-11-25(12-8-23)33-31(21-19-29(39)35(33)41)45-37(43)27-15-17-28(18-16-27)38(44)46-32-22-20-30(40)36(42)34(32)26-13-9-24(6-4-2)10-14-26/h7-14,19-22,27-28H,3-6,15-18H2,1-2H3. The zero-order valence-corrected chi connectivity index (χ0v) is 25.9. The van der Waals surface area contributed by atoms with Gasteiger partial charge in [0.2, 0.25) is 0 Å². The highest BCUT2D eigenvalue weighted by Crippen LogP contribution is 2.38. The lowest BCUT2D eigenvalue weighted by molar-refractivity contribution is -0.145. The average molecular weight is 633 g/mol. The molecule has 0 N–H and O–H groups in total. The number of hydrogen-bond donors (Lipinski definition) is 0. The van der Waals surface area contributed by atoms with Gasteiger partial charge in [-0.2, -0.15) is 0 Å². The number of carbonyl (C=O) groups excluding carboxylic acids is 2. The smallest absolute Gasteiger partial charge is 0.314 e. The van der Waals surface area contributed by atoms with E-state index in [4.69, 9.17) is 9.47 Å². The van der Waals surface area contributed by atoms with Crippen LogP contribution in [0.1, 0.15) is 63.5 Å². The van der Waals surface area contributed by atoms with Crippen LogP contribution in [-0.4, -0.2) is 11.9 Å². The van der Waals surface area contributed by atoms with Crippen molar-refractivity contribution in [1.29, 1.82) is 0 Å². The lowest BCUT2D eigenvalue weighted by Gasteiger charge is -2.26. The highest BCUT2D eigenvalue weighted by molar-refractivity contribution is 5.82. The number of benzene rings is 4. The fourth-order valence-electron chi connectivity index (χ4n) is 5.98. The van der Waals surface area contributed by atoms with Gasteiger partial charge in [-0.05, 0) is 85.0 Å². The molecule has 8 heteroatoms. The van der Waals surface area contributed by atoms with Crippen molar-refractivity contribution in [2.24, 2.45) is 11.8 Å². The summed E-state index contributed by atoms with van der Waals surface area (Å²) in [4.78, 5) is 26.3. The monoisotopic (exact) mass is 632 g/mol. The van der Waals surface area contributed by atoms with Crippen LogP contribution in [0.3, 0.4) is 0 Å². The van der Waals surface area contributed by atoms with E-state index >= 15 is 0 Å². The highest BCUT2D eigenvalue weighted by Gasteiger charge is 2.33. The van der Waals surface area contributed by atoms with Crippen LogP contribution in [0.2, 0.25) is 0 Å². The summed E-state index contributed by atoms with van der Waals surface area (Å²) in [6, 6.07) is 18.4. The molecule has 1 fully saturated rings. The van der Waals surface area contributed by atoms with Crippen LogP contribution in [-0.2, 0) is 22.4 Å².